The van der Waals surface area contributed by atoms with Crippen molar-refractivity contribution < 1.29 is 9.30 Å². The van der Waals surface area contributed by atoms with Gasteiger partial charge in [0.1, 0.15) is 17.3 Å². The van der Waals surface area contributed by atoms with Crippen LogP contribution in [-0.2, 0) is 5.41 Å². The molecular formula is C48H38N4O. The number of para-hydroxylation sites is 1. The molecule has 0 spiro atoms. The van der Waals surface area contributed by atoms with Gasteiger partial charge in [-0.3, -0.25) is 13.7 Å². The zero-order chi connectivity index (χ0) is 35.9. The molecule has 9 aromatic rings. The second-order valence-electron chi connectivity index (χ2n) is 14.4. The summed E-state index contributed by atoms with van der Waals surface area (Å²) in [6, 6.07) is 54.9. The Morgan fingerprint density at radius 1 is 0.604 bits per heavy atom. The highest BCUT2D eigenvalue weighted by molar-refractivity contribution is 6.09. The topological polar surface area (TPSA) is 35.9 Å². The number of hydrogen-bond donors (Lipinski definition) is 0. The van der Waals surface area contributed by atoms with Gasteiger partial charge in [0.05, 0.1) is 22.4 Å². The van der Waals surface area contributed by atoms with E-state index in [1.807, 2.05) is 53.5 Å². The van der Waals surface area contributed by atoms with E-state index < -0.39 is 0 Å². The van der Waals surface area contributed by atoms with E-state index in [-0.39, 0.29) is 5.41 Å². The third-order valence-electron chi connectivity index (χ3n) is 9.85. The first-order valence-corrected chi connectivity index (χ1v) is 18.0. The summed E-state index contributed by atoms with van der Waals surface area (Å²) in [6.45, 7) is 6.69. The first-order chi connectivity index (χ1) is 25.9. The fraction of sp³-hybridized carbons (Fsp3) is 0.0833. The fourth-order valence-electron chi connectivity index (χ4n) is 7.10. The van der Waals surface area contributed by atoms with Crippen molar-refractivity contribution in [2.45, 2.75) is 26.2 Å². The molecule has 3 heterocycles. The summed E-state index contributed by atoms with van der Waals surface area (Å²) in [4.78, 5) is 4.83. The van der Waals surface area contributed by atoms with Gasteiger partial charge in [0.15, 0.2) is 0 Å². The van der Waals surface area contributed by atoms with Crippen molar-refractivity contribution in [2.24, 2.45) is 0 Å². The summed E-state index contributed by atoms with van der Waals surface area (Å²) in [5.41, 5.74) is 10.0. The van der Waals surface area contributed by atoms with E-state index in [1.54, 1.807) is 0 Å². The molecule has 53 heavy (non-hydrogen) atoms. The van der Waals surface area contributed by atoms with Crippen molar-refractivity contribution >= 4 is 21.8 Å². The second kappa shape index (κ2) is 13.1. The van der Waals surface area contributed by atoms with Gasteiger partial charge in [0, 0.05) is 35.4 Å². The number of hydrogen-bond acceptors (Lipinski definition) is 2. The van der Waals surface area contributed by atoms with Gasteiger partial charge in [0.25, 0.3) is 6.33 Å². The van der Waals surface area contributed by atoms with Crippen LogP contribution in [0.2, 0.25) is 0 Å². The quantitative estimate of drug-likeness (QED) is 0.124. The Hall–Kier alpha value is -6.72. The van der Waals surface area contributed by atoms with Gasteiger partial charge in [-0.25, -0.2) is 4.98 Å². The lowest BCUT2D eigenvalue weighted by Crippen LogP contribution is -2.29. The largest absolute Gasteiger partial charge is 0.458 e. The van der Waals surface area contributed by atoms with Crippen molar-refractivity contribution in [1.29, 1.82) is 0 Å². The van der Waals surface area contributed by atoms with Crippen molar-refractivity contribution in [3.05, 3.63) is 188 Å². The molecule has 5 heteroatoms. The van der Waals surface area contributed by atoms with Crippen LogP contribution in [0, 0.1) is 6.33 Å². The van der Waals surface area contributed by atoms with Crippen LogP contribution in [0.1, 0.15) is 26.3 Å². The number of nitrogens with zero attached hydrogens (tertiary/aromatic N) is 4. The number of aromatic nitrogens is 4. The van der Waals surface area contributed by atoms with Crippen LogP contribution in [0.4, 0.5) is 0 Å². The minimum absolute atomic E-state index is 0.00331. The Morgan fingerprint density at radius 3 is 2.15 bits per heavy atom. The number of ether oxygens (including phenoxy) is 1. The summed E-state index contributed by atoms with van der Waals surface area (Å²) in [5.74, 6) is 2.38. The number of imidazole rings is 1. The van der Waals surface area contributed by atoms with Gasteiger partial charge in [-0.1, -0.05) is 112 Å². The molecule has 0 atom stereocenters. The van der Waals surface area contributed by atoms with Gasteiger partial charge >= 0.3 is 0 Å². The molecule has 0 aliphatic carbocycles. The Labute approximate surface area is 309 Å². The van der Waals surface area contributed by atoms with E-state index >= 15 is 0 Å². The molecule has 5 nitrogen and oxygen atoms in total. The summed E-state index contributed by atoms with van der Waals surface area (Å²) < 4.78 is 12.9. The zero-order valence-corrected chi connectivity index (χ0v) is 29.9. The summed E-state index contributed by atoms with van der Waals surface area (Å²) in [6.07, 6.45) is 9.54. The first-order valence-electron chi connectivity index (χ1n) is 18.0. The monoisotopic (exact) mass is 686 g/mol. The van der Waals surface area contributed by atoms with Crippen molar-refractivity contribution in [2.75, 3.05) is 0 Å². The minimum Gasteiger partial charge on any atom is -0.458 e. The van der Waals surface area contributed by atoms with Crippen LogP contribution in [0.15, 0.2) is 176 Å². The number of fused-ring (bicyclic) bond motifs is 3. The van der Waals surface area contributed by atoms with Crippen LogP contribution >= 0.6 is 0 Å². The molecule has 0 amide bonds. The smallest absolute Gasteiger partial charge is 0.268 e. The average Bonchev–Trinajstić information content (AvgIpc) is 3.82. The van der Waals surface area contributed by atoms with E-state index in [2.05, 4.69) is 164 Å². The highest BCUT2D eigenvalue weighted by Gasteiger charge is 2.18. The standard InChI is InChI=1S/C48H38N4O/c1-48(2,3)37-25-26-49-47(30-37)52-45-20-11-10-19-41(45)42-23-22-40(32-46(42)52)53-39-18-12-17-38(31-39)50-27-28-51(33-50)44-24-21-36(34-13-6-4-7-14-34)29-43(44)35-15-8-5-9-16-35/h4-32H,1-3H3. The van der Waals surface area contributed by atoms with Crippen LogP contribution in [0.25, 0.3) is 61.3 Å². The van der Waals surface area contributed by atoms with Crippen LogP contribution in [0.3, 0.4) is 0 Å². The summed E-state index contributed by atoms with van der Waals surface area (Å²) in [5, 5.41) is 2.34. The van der Waals surface area contributed by atoms with Gasteiger partial charge in [-0.2, -0.15) is 0 Å². The normalized spacial score (nSPS) is 11.7. The molecule has 0 radical (unpaired) electrons. The van der Waals surface area contributed by atoms with Gasteiger partial charge in [-0.15, -0.1) is 0 Å². The van der Waals surface area contributed by atoms with E-state index in [9.17, 15) is 0 Å². The summed E-state index contributed by atoms with van der Waals surface area (Å²) >= 11 is 0. The number of benzene rings is 6. The highest BCUT2D eigenvalue weighted by Crippen LogP contribution is 2.36. The molecule has 3 aromatic heterocycles. The molecule has 0 fully saturated rings. The molecule has 0 saturated heterocycles. The maximum Gasteiger partial charge on any atom is 0.268 e. The predicted molar refractivity (Wildman–Crippen MR) is 214 cm³/mol. The van der Waals surface area contributed by atoms with Crippen molar-refractivity contribution in [1.82, 2.24) is 14.1 Å². The summed E-state index contributed by atoms with van der Waals surface area (Å²) in [7, 11) is 0. The van der Waals surface area contributed by atoms with E-state index in [4.69, 9.17) is 9.72 Å². The lowest BCUT2D eigenvalue weighted by atomic mass is 9.88. The third kappa shape index (κ3) is 6.17. The van der Waals surface area contributed by atoms with Crippen molar-refractivity contribution in [3.63, 3.8) is 0 Å². The maximum atomic E-state index is 6.57. The van der Waals surface area contributed by atoms with Crippen molar-refractivity contribution in [3.8, 4) is 50.9 Å². The Bertz CT molecular complexity index is 2740. The lowest BCUT2D eigenvalue weighted by Gasteiger charge is -2.20. The molecule has 0 N–H and O–H groups in total. The SMILES string of the molecule is CC(C)(C)c1ccnc(-n2c3ccccc3c3ccc(Oc4cccc(-n5[c-][n+](-c6ccc(-c7ccccc7)cc6-c6ccccc6)cc5)c4)cc32)c1. The molecule has 0 aliphatic heterocycles. The highest BCUT2D eigenvalue weighted by atomic mass is 16.5. The van der Waals surface area contributed by atoms with Gasteiger partial charge in [0.2, 0.25) is 0 Å². The zero-order valence-electron chi connectivity index (χ0n) is 29.9. The molecule has 9 rings (SSSR count). The molecule has 0 unspecified atom stereocenters. The molecule has 6 aromatic carbocycles. The lowest BCUT2D eigenvalue weighted by molar-refractivity contribution is -0.598. The average molecular weight is 687 g/mol. The van der Waals surface area contributed by atoms with Crippen LogP contribution in [-0.4, -0.2) is 14.1 Å². The van der Waals surface area contributed by atoms with Crippen LogP contribution < -0.4 is 9.30 Å². The molecular weight excluding hydrogens is 649 g/mol. The Balaban J connectivity index is 1.05. The Kier molecular flexibility index (Phi) is 7.97. The maximum absolute atomic E-state index is 6.57. The number of pyridine rings is 1. The van der Waals surface area contributed by atoms with E-state index in [0.29, 0.717) is 0 Å². The Morgan fingerprint density at radius 2 is 1.34 bits per heavy atom. The molecule has 256 valence electrons. The minimum atomic E-state index is 0.00331. The number of rotatable bonds is 7. The molecule has 0 saturated carbocycles. The predicted octanol–water partition coefficient (Wildman–Crippen LogP) is 11.5. The van der Waals surface area contributed by atoms with E-state index in [0.717, 1.165) is 56.2 Å². The van der Waals surface area contributed by atoms with Gasteiger partial charge < -0.3 is 4.74 Å². The fourth-order valence-corrected chi connectivity index (χ4v) is 7.10. The second-order valence-corrected chi connectivity index (χ2v) is 14.4. The first kappa shape index (κ1) is 32.2. The van der Waals surface area contributed by atoms with Gasteiger partial charge in [-0.05, 0) is 93.9 Å². The molecule has 0 bridgehead atoms. The third-order valence-corrected chi connectivity index (χ3v) is 9.85. The van der Waals surface area contributed by atoms with Crippen LogP contribution in [0.5, 0.6) is 11.5 Å². The van der Waals surface area contributed by atoms with E-state index in [1.165, 1.54) is 22.1 Å². The molecule has 0 aliphatic rings.